The first kappa shape index (κ1) is 12.6. The highest BCUT2D eigenvalue weighted by Crippen LogP contribution is 2.39. The van der Waals surface area contributed by atoms with E-state index in [1.54, 1.807) is 30.3 Å². The van der Waals surface area contributed by atoms with Gasteiger partial charge in [0, 0.05) is 16.9 Å². The molecule has 0 heterocycles. The molecule has 1 atom stereocenters. The number of benzene rings is 1. The third kappa shape index (κ3) is 3.29. The molecule has 0 spiro atoms. The Morgan fingerprint density at radius 2 is 1.62 bits per heavy atom. The van der Waals surface area contributed by atoms with E-state index in [1.807, 2.05) is 0 Å². The number of hydrogen-bond acceptors (Lipinski definition) is 4. The fourth-order valence-corrected chi connectivity index (χ4v) is 3.45. The van der Waals surface area contributed by atoms with Crippen molar-refractivity contribution in [3.05, 3.63) is 30.3 Å². The van der Waals surface area contributed by atoms with Crippen molar-refractivity contribution in [2.45, 2.75) is 0 Å². The van der Waals surface area contributed by atoms with Crippen molar-refractivity contribution in [1.29, 1.82) is 0 Å². The number of amides is 2. The fourth-order valence-electron chi connectivity index (χ4n) is 0.870. The molecule has 0 saturated carbocycles. The van der Waals surface area contributed by atoms with Gasteiger partial charge in [0.1, 0.15) is 0 Å². The maximum Gasteiger partial charge on any atom is 0.427 e. The Hall–Kier alpha value is -1.46. The van der Waals surface area contributed by atoms with Crippen molar-refractivity contribution < 1.29 is 24.4 Å². The number of carbonyl (C=O) groups is 2. The average molecular weight is 261 g/mol. The molecule has 16 heavy (non-hydrogen) atoms. The predicted molar refractivity (Wildman–Crippen MR) is 60.6 cm³/mol. The van der Waals surface area contributed by atoms with Gasteiger partial charge in [0.25, 0.3) is 0 Å². The van der Waals surface area contributed by atoms with Crippen LogP contribution in [0.2, 0.25) is 0 Å². The lowest BCUT2D eigenvalue weighted by molar-refractivity contribution is 0.152. The summed E-state index contributed by atoms with van der Waals surface area (Å²) < 4.78 is 11.7. The highest BCUT2D eigenvalue weighted by Gasteiger charge is 2.23. The first-order valence-corrected chi connectivity index (χ1v) is 6.96. The van der Waals surface area contributed by atoms with Crippen molar-refractivity contribution in [3.8, 4) is 0 Å². The molecule has 0 aliphatic rings. The Morgan fingerprint density at radius 3 is 2.06 bits per heavy atom. The third-order valence-electron chi connectivity index (χ3n) is 1.53. The van der Waals surface area contributed by atoms with Crippen LogP contribution in [0.25, 0.3) is 0 Å². The van der Waals surface area contributed by atoms with Gasteiger partial charge in [0.2, 0.25) is 0 Å². The summed E-state index contributed by atoms with van der Waals surface area (Å²) >= 11 is 0.295. The molecular weight excluding hydrogens is 253 g/mol. The summed E-state index contributed by atoms with van der Waals surface area (Å²) in [6.45, 7) is 0. The van der Waals surface area contributed by atoms with Crippen LogP contribution >= 0.6 is 18.6 Å². The predicted octanol–water partition coefficient (Wildman–Crippen LogP) is 2.09. The Morgan fingerprint density at radius 1 is 1.12 bits per heavy atom. The van der Waals surface area contributed by atoms with Gasteiger partial charge in [0.05, 0.1) is 0 Å². The van der Waals surface area contributed by atoms with Gasteiger partial charge < -0.3 is 14.8 Å². The second-order valence-corrected chi connectivity index (χ2v) is 5.96. The molecule has 0 saturated heterocycles. The number of carboxylic acid groups (broad SMARTS) is 2. The smallest absolute Gasteiger partial charge is 0.427 e. The maximum absolute atomic E-state index is 11.6. The van der Waals surface area contributed by atoms with Gasteiger partial charge in [0.15, 0.2) is 7.00 Å². The van der Waals surface area contributed by atoms with E-state index in [0.29, 0.717) is 16.9 Å². The van der Waals surface area contributed by atoms with Gasteiger partial charge in [-0.2, -0.15) is 0 Å². The molecule has 6 nitrogen and oxygen atoms in total. The SMILES string of the molecule is O=C(O)N(S[PH](=O)c1ccccc1)C(=O)O. The van der Waals surface area contributed by atoms with Gasteiger partial charge >= 0.3 is 12.2 Å². The average Bonchev–Trinajstić information content (AvgIpc) is 2.25. The van der Waals surface area contributed by atoms with Gasteiger partial charge in [-0.3, -0.25) is 0 Å². The molecule has 0 aromatic heterocycles. The van der Waals surface area contributed by atoms with E-state index in [0.717, 1.165) is 0 Å². The molecule has 1 unspecified atom stereocenters. The maximum atomic E-state index is 11.6. The van der Waals surface area contributed by atoms with Crippen molar-refractivity contribution in [2.75, 3.05) is 0 Å². The molecule has 86 valence electrons. The molecule has 0 radical (unpaired) electrons. The zero-order chi connectivity index (χ0) is 12.1. The lowest BCUT2D eigenvalue weighted by Gasteiger charge is -2.10. The number of nitrogens with zero attached hydrogens (tertiary/aromatic N) is 1. The zero-order valence-corrected chi connectivity index (χ0v) is 9.68. The normalized spacial score (nSPS) is 11.8. The topological polar surface area (TPSA) is 94.9 Å². The summed E-state index contributed by atoms with van der Waals surface area (Å²) in [5.74, 6) is 0. The van der Waals surface area contributed by atoms with Crippen LogP contribution in [-0.2, 0) is 4.57 Å². The van der Waals surface area contributed by atoms with Gasteiger partial charge in [-0.1, -0.05) is 30.3 Å². The standard InChI is InChI=1S/C8H8NO5PS/c10-7(11)9(8(12)13)16-15(14)6-4-2-1-3-5-6/h1-5,15H,(H,10,11)(H,12,13). The first-order chi connectivity index (χ1) is 7.52. The second kappa shape index (κ2) is 5.58. The minimum atomic E-state index is -2.52. The lowest BCUT2D eigenvalue weighted by Crippen LogP contribution is -2.27. The van der Waals surface area contributed by atoms with E-state index in [-0.39, 0.29) is 4.31 Å². The molecule has 0 aliphatic carbocycles. The summed E-state index contributed by atoms with van der Waals surface area (Å²) in [5.41, 5.74) is 0. The van der Waals surface area contributed by atoms with Crippen molar-refractivity contribution in [1.82, 2.24) is 4.31 Å². The summed E-state index contributed by atoms with van der Waals surface area (Å²) in [7, 11) is -2.52. The first-order valence-electron chi connectivity index (χ1n) is 4.05. The van der Waals surface area contributed by atoms with Crippen LogP contribution in [0.15, 0.2) is 30.3 Å². The molecule has 0 bridgehead atoms. The van der Waals surface area contributed by atoms with Crippen LogP contribution < -0.4 is 5.30 Å². The van der Waals surface area contributed by atoms with Gasteiger partial charge in [-0.15, -0.1) is 4.31 Å². The van der Waals surface area contributed by atoms with Crippen molar-refractivity contribution in [3.63, 3.8) is 0 Å². The van der Waals surface area contributed by atoms with E-state index in [2.05, 4.69) is 0 Å². The highest BCUT2D eigenvalue weighted by atomic mass is 32.7. The molecule has 1 rings (SSSR count). The van der Waals surface area contributed by atoms with Crippen LogP contribution in [0.1, 0.15) is 0 Å². The van der Waals surface area contributed by atoms with Crippen LogP contribution in [-0.4, -0.2) is 26.7 Å². The van der Waals surface area contributed by atoms with E-state index in [9.17, 15) is 14.2 Å². The minimum Gasteiger partial charge on any atom is -0.464 e. The van der Waals surface area contributed by atoms with Gasteiger partial charge in [-0.05, 0) is 0 Å². The molecule has 1 aromatic rings. The van der Waals surface area contributed by atoms with Crippen LogP contribution in [0.3, 0.4) is 0 Å². The minimum absolute atomic E-state index is 0.0360. The van der Waals surface area contributed by atoms with Gasteiger partial charge in [-0.25, -0.2) is 9.59 Å². The largest absolute Gasteiger partial charge is 0.464 e. The number of hydrogen-bond donors (Lipinski definition) is 2. The molecular formula is C8H8NO5PS. The van der Waals surface area contributed by atoms with Crippen LogP contribution in [0.5, 0.6) is 0 Å². The van der Waals surface area contributed by atoms with E-state index in [4.69, 9.17) is 10.2 Å². The molecule has 0 aliphatic heterocycles. The molecule has 1 aromatic carbocycles. The van der Waals surface area contributed by atoms with E-state index in [1.165, 1.54) is 0 Å². The van der Waals surface area contributed by atoms with E-state index >= 15 is 0 Å². The summed E-state index contributed by atoms with van der Waals surface area (Å²) in [6.07, 6.45) is -3.32. The van der Waals surface area contributed by atoms with Crippen molar-refractivity contribution in [2.24, 2.45) is 0 Å². The Balaban J connectivity index is 2.77. The molecule has 8 heteroatoms. The summed E-state index contributed by atoms with van der Waals surface area (Å²) in [5, 5.41) is 17.5. The molecule has 2 amide bonds. The quantitative estimate of drug-likeness (QED) is 0.639. The third-order valence-corrected chi connectivity index (χ3v) is 4.75. The van der Waals surface area contributed by atoms with Crippen LogP contribution in [0.4, 0.5) is 9.59 Å². The van der Waals surface area contributed by atoms with Crippen molar-refractivity contribution >= 4 is 36.1 Å². The van der Waals surface area contributed by atoms with Crippen LogP contribution in [0, 0.1) is 0 Å². The fraction of sp³-hybridized carbons (Fsp3) is 0. The summed E-state index contributed by atoms with van der Waals surface area (Å²) in [6, 6.07) is 8.11. The highest BCUT2D eigenvalue weighted by molar-refractivity contribution is 8.52. The molecule has 2 N–H and O–H groups in total. The Labute approximate surface area is 95.5 Å². The molecule has 0 fully saturated rings. The zero-order valence-electron chi connectivity index (χ0n) is 7.86. The second-order valence-electron chi connectivity index (χ2n) is 2.60. The number of imide groups is 1. The summed E-state index contributed by atoms with van der Waals surface area (Å²) in [4.78, 5) is 21.0. The number of rotatable bonds is 3. The lowest BCUT2D eigenvalue weighted by atomic mass is 10.4. The monoisotopic (exact) mass is 261 g/mol. The van der Waals surface area contributed by atoms with E-state index < -0.39 is 19.2 Å². The Bertz CT molecular complexity index is 410. The Kier molecular flexibility index (Phi) is 4.39.